The van der Waals surface area contributed by atoms with Gasteiger partial charge in [-0.05, 0) is 50.2 Å². The smallest absolute Gasteiger partial charge is 0.302 e. The first-order valence-corrected chi connectivity index (χ1v) is 12.7. The molecule has 1 heterocycles. The van der Waals surface area contributed by atoms with Crippen LogP contribution >= 0.6 is 0 Å². The molecule has 202 valence electrons. The maximum Gasteiger partial charge on any atom is 0.302 e. The van der Waals surface area contributed by atoms with Gasteiger partial charge in [-0.1, -0.05) is 36.4 Å². The van der Waals surface area contributed by atoms with Gasteiger partial charge in [-0.3, -0.25) is 14.4 Å². The summed E-state index contributed by atoms with van der Waals surface area (Å²) in [5, 5.41) is 14.3. The number of benzene rings is 3. The van der Waals surface area contributed by atoms with Crippen molar-refractivity contribution in [3.63, 3.8) is 0 Å². The standard InChI is InChI=1S/C29H32N6O4/c1-5-34(6-2)23-17-18-24(25(19-23)39-4)32-29(31-20(3)36)27(30-26(37)21-13-9-7-10-14-21)33-35(28(29)38)22-15-11-8-12-16-22/h7-19,32H,5-6H2,1-4H3,(H,31,36)(H,30,33,37). The Bertz CT molecular complexity index is 1380. The molecule has 0 fully saturated rings. The van der Waals surface area contributed by atoms with Crippen LogP contribution in [0.25, 0.3) is 0 Å². The van der Waals surface area contributed by atoms with Gasteiger partial charge in [-0.2, -0.15) is 5.01 Å². The number of nitrogens with zero attached hydrogens (tertiary/aromatic N) is 3. The van der Waals surface area contributed by atoms with Crippen molar-refractivity contribution < 1.29 is 19.1 Å². The second-order valence-electron chi connectivity index (χ2n) is 8.83. The molecule has 1 unspecified atom stereocenters. The minimum atomic E-state index is -1.93. The molecule has 3 aromatic rings. The average Bonchev–Trinajstić information content (AvgIpc) is 3.20. The topological polar surface area (TPSA) is 115 Å². The predicted octanol–water partition coefficient (Wildman–Crippen LogP) is 3.58. The highest BCUT2D eigenvalue weighted by molar-refractivity contribution is 6.28. The Morgan fingerprint density at radius 2 is 1.62 bits per heavy atom. The number of hydrazone groups is 1. The summed E-state index contributed by atoms with van der Waals surface area (Å²) in [5.41, 5.74) is 0.254. The van der Waals surface area contributed by atoms with Crippen molar-refractivity contribution in [2.24, 2.45) is 5.10 Å². The molecular formula is C29H32N6O4. The van der Waals surface area contributed by atoms with Crippen LogP contribution in [-0.2, 0) is 9.59 Å². The van der Waals surface area contributed by atoms with E-state index in [1.165, 1.54) is 14.0 Å². The van der Waals surface area contributed by atoms with Crippen molar-refractivity contribution in [1.82, 2.24) is 10.6 Å². The van der Waals surface area contributed by atoms with Gasteiger partial charge in [0.1, 0.15) is 5.75 Å². The van der Waals surface area contributed by atoms with Crippen molar-refractivity contribution in [2.75, 3.05) is 35.4 Å². The Balaban J connectivity index is 1.82. The third kappa shape index (κ3) is 5.54. The molecule has 0 radical (unpaired) electrons. The van der Waals surface area contributed by atoms with Gasteiger partial charge in [-0.25, -0.2) is 0 Å². The summed E-state index contributed by atoms with van der Waals surface area (Å²) in [5.74, 6) is -1.25. The molecule has 1 atom stereocenters. The molecule has 1 aliphatic rings. The molecule has 39 heavy (non-hydrogen) atoms. The number of hydrogen-bond donors (Lipinski definition) is 3. The van der Waals surface area contributed by atoms with Crippen LogP contribution in [0.1, 0.15) is 31.1 Å². The van der Waals surface area contributed by atoms with Gasteiger partial charge >= 0.3 is 5.91 Å². The van der Waals surface area contributed by atoms with Crippen LogP contribution in [0.15, 0.2) is 84.0 Å². The lowest BCUT2D eigenvalue weighted by molar-refractivity contribution is -0.127. The Morgan fingerprint density at radius 3 is 2.21 bits per heavy atom. The fourth-order valence-corrected chi connectivity index (χ4v) is 4.40. The van der Waals surface area contributed by atoms with Gasteiger partial charge in [0.2, 0.25) is 5.91 Å². The van der Waals surface area contributed by atoms with E-state index in [4.69, 9.17) is 4.74 Å². The zero-order valence-corrected chi connectivity index (χ0v) is 22.4. The fraction of sp³-hybridized carbons (Fsp3) is 0.241. The van der Waals surface area contributed by atoms with Gasteiger partial charge < -0.3 is 25.6 Å². The molecule has 3 amide bonds. The molecule has 0 saturated carbocycles. The number of amidine groups is 1. The number of nitrogens with one attached hydrogen (secondary N) is 3. The summed E-state index contributed by atoms with van der Waals surface area (Å²) in [6.07, 6.45) is 0. The number of rotatable bonds is 9. The fourth-order valence-electron chi connectivity index (χ4n) is 4.40. The first kappa shape index (κ1) is 27.2. The first-order valence-electron chi connectivity index (χ1n) is 12.7. The molecule has 3 N–H and O–H groups in total. The molecule has 1 aliphatic heterocycles. The number of hydrogen-bond acceptors (Lipinski definition) is 7. The summed E-state index contributed by atoms with van der Waals surface area (Å²) in [4.78, 5) is 42.0. The summed E-state index contributed by atoms with van der Waals surface area (Å²) >= 11 is 0. The van der Waals surface area contributed by atoms with Gasteiger partial charge in [0.05, 0.1) is 18.5 Å². The number of anilines is 3. The van der Waals surface area contributed by atoms with E-state index >= 15 is 0 Å². The second-order valence-corrected chi connectivity index (χ2v) is 8.83. The van der Waals surface area contributed by atoms with E-state index in [1.54, 1.807) is 60.7 Å². The van der Waals surface area contributed by atoms with E-state index in [-0.39, 0.29) is 5.84 Å². The average molecular weight is 529 g/mol. The number of para-hydroxylation sites is 1. The molecule has 0 bridgehead atoms. The van der Waals surface area contributed by atoms with E-state index in [2.05, 4.69) is 39.8 Å². The maximum absolute atomic E-state index is 14.1. The van der Waals surface area contributed by atoms with Crippen LogP contribution in [0.4, 0.5) is 17.1 Å². The highest BCUT2D eigenvalue weighted by Crippen LogP contribution is 2.34. The molecular weight excluding hydrogens is 496 g/mol. The van der Waals surface area contributed by atoms with Crippen molar-refractivity contribution in [3.05, 3.63) is 84.4 Å². The van der Waals surface area contributed by atoms with E-state index in [0.29, 0.717) is 22.7 Å². The third-order valence-electron chi connectivity index (χ3n) is 6.34. The lowest BCUT2D eigenvalue weighted by Gasteiger charge is -2.32. The highest BCUT2D eigenvalue weighted by atomic mass is 16.5. The summed E-state index contributed by atoms with van der Waals surface area (Å²) < 4.78 is 5.66. The lowest BCUT2D eigenvalue weighted by atomic mass is 10.1. The molecule has 0 spiro atoms. The van der Waals surface area contributed by atoms with Crippen molar-refractivity contribution in [3.8, 4) is 5.75 Å². The van der Waals surface area contributed by atoms with Crippen LogP contribution in [-0.4, -0.2) is 49.4 Å². The predicted molar refractivity (Wildman–Crippen MR) is 152 cm³/mol. The molecule has 3 aromatic carbocycles. The van der Waals surface area contributed by atoms with E-state index in [9.17, 15) is 14.4 Å². The summed E-state index contributed by atoms with van der Waals surface area (Å²) in [6.45, 7) is 7.01. The van der Waals surface area contributed by atoms with Gasteiger partial charge in [0.15, 0.2) is 5.84 Å². The van der Waals surface area contributed by atoms with Crippen LogP contribution < -0.4 is 30.6 Å². The number of carbonyl (C=O) groups is 3. The normalized spacial score (nSPS) is 16.4. The highest BCUT2D eigenvalue weighted by Gasteiger charge is 2.54. The van der Waals surface area contributed by atoms with Crippen molar-refractivity contribution >= 4 is 40.6 Å². The maximum atomic E-state index is 14.1. The van der Waals surface area contributed by atoms with Gasteiger partial charge in [0, 0.05) is 37.3 Å². The van der Waals surface area contributed by atoms with Crippen LogP contribution in [0.2, 0.25) is 0 Å². The Kier molecular flexibility index (Phi) is 8.14. The minimum Gasteiger partial charge on any atom is -0.495 e. The third-order valence-corrected chi connectivity index (χ3v) is 6.34. The number of carbonyl (C=O) groups excluding carboxylic acids is 3. The molecule has 0 saturated heterocycles. The molecule has 4 rings (SSSR count). The Labute approximate surface area is 227 Å². The molecule has 10 heteroatoms. The van der Waals surface area contributed by atoms with Crippen molar-refractivity contribution in [1.29, 1.82) is 0 Å². The first-order chi connectivity index (χ1) is 18.8. The molecule has 0 aromatic heterocycles. The van der Waals surface area contributed by atoms with E-state index < -0.39 is 23.4 Å². The number of methoxy groups -OCH3 is 1. The number of ether oxygens (including phenoxy) is 1. The monoisotopic (exact) mass is 528 g/mol. The summed E-state index contributed by atoms with van der Waals surface area (Å²) in [7, 11) is 1.52. The van der Waals surface area contributed by atoms with Crippen LogP contribution in [0.3, 0.4) is 0 Å². The van der Waals surface area contributed by atoms with Crippen LogP contribution in [0, 0.1) is 0 Å². The molecule has 0 aliphatic carbocycles. The Morgan fingerprint density at radius 1 is 0.974 bits per heavy atom. The largest absolute Gasteiger partial charge is 0.495 e. The number of amides is 3. The minimum absolute atomic E-state index is 0.0877. The van der Waals surface area contributed by atoms with Crippen LogP contribution in [0.5, 0.6) is 5.75 Å². The van der Waals surface area contributed by atoms with Crippen molar-refractivity contribution in [2.45, 2.75) is 26.4 Å². The SMILES string of the molecule is CCN(CC)c1ccc(NC2(NC(C)=O)C(=O)N(c3ccccc3)N=C2NC(=O)c2ccccc2)c(OC)c1. The van der Waals surface area contributed by atoms with E-state index in [1.807, 2.05) is 18.2 Å². The zero-order chi connectivity index (χ0) is 28.0. The Hall–Kier alpha value is -4.86. The lowest BCUT2D eigenvalue weighted by Crippen LogP contribution is -2.67. The van der Waals surface area contributed by atoms with E-state index in [0.717, 1.165) is 23.8 Å². The molecule has 10 nitrogen and oxygen atoms in total. The van der Waals surface area contributed by atoms with Gasteiger partial charge in [-0.15, -0.1) is 5.10 Å². The quantitative estimate of drug-likeness (QED) is 0.366. The summed E-state index contributed by atoms with van der Waals surface area (Å²) in [6, 6.07) is 22.8. The second kappa shape index (κ2) is 11.7. The zero-order valence-electron chi connectivity index (χ0n) is 22.4. The van der Waals surface area contributed by atoms with Gasteiger partial charge in [0.25, 0.3) is 11.6 Å².